The summed E-state index contributed by atoms with van der Waals surface area (Å²) in [6.07, 6.45) is 3.42. The second kappa shape index (κ2) is 9.19. The summed E-state index contributed by atoms with van der Waals surface area (Å²) in [4.78, 5) is 42.5. The Balaban J connectivity index is 1.53. The molecule has 0 spiro atoms. The van der Waals surface area contributed by atoms with Gasteiger partial charge in [-0.25, -0.2) is 0 Å². The highest BCUT2D eigenvalue weighted by molar-refractivity contribution is 5.97. The number of carbonyl (C=O) groups is 3. The maximum atomic E-state index is 12.8. The molecule has 1 aromatic rings. The van der Waals surface area contributed by atoms with Crippen LogP contribution in [-0.2, 0) is 9.59 Å². The van der Waals surface area contributed by atoms with E-state index in [4.69, 9.17) is 0 Å². The van der Waals surface area contributed by atoms with E-state index in [1.54, 1.807) is 12.1 Å². The SMILES string of the molecule is CC(=O)Nc1cc(C(=O)N2CCN(CC(=O)N3CCCCC3)CC2)ccc1C. The number of benzene rings is 1. The van der Waals surface area contributed by atoms with Crippen molar-refractivity contribution in [2.45, 2.75) is 33.1 Å². The molecule has 0 aliphatic carbocycles. The zero-order valence-electron chi connectivity index (χ0n) is 16.9. The fourth-order valence-corrected chi connectivity index (χ4v) is 3.81. The van der Waals surface area contributed by atoms with E-state index >= 15 is 0 Å². The Labute approximate surface area is 166 Å². The van der Waals surface area contributed by atoms with E-state index in [9.17, 15) is 14.4 Å². The highest BCUT2D eigenvalue weighted by Gasteiger charge is 2.25. The molecule has 0 bridgehead atoms. The number of nitrogens with one attached hydrogen (secondary N) is 1. The summed E-state index contributed by atoms with van der Waals surface area (Å²) in [5.41, 5.74) is 2.17. The molecule has 0 aromatic heterocycles. The van der Waals surface area contributed by atoms with Gasteiger partial charge < -0.3 is 15.1 Å². The first-order chi connectivity index (χ1) is 13.4. The Kier molecular flexibility index (Phi) is 6.67. The van der Waals surface area contributed by atoms with Crippen LogP contribution >= 0.6 is 0 Å². The van der Waals surface area contributed by atoms with E-state index < -0.39 is 0 Å². The standard InChI is InChI=1S/C21H30N4O3/c1-16-6-7-18(14-19(16)22-17(2)26)21(28)25-12-10-23(11-13-25)15-20(27)24-8-4-3-5-9-24/h6-7,14H,3-5,8-13,15H2,1-2H3,(H,22,26). The summed E-state index contributed by atoms with van der Waals surface area (Å²) in [5.74, 6) is 0.0197. The van der Waals surface area contributed by atoms with E-state index in [1.165, 1.54) is 13.3 Å². The van der Waals surface area contributed by atoms with Crippen molar-refractivity contribution in [2.24, 2.45) is 0 Å². The molecule has 3 rings (SSSR count). The number of likely N-dealkylation sites (tertiary alicyclic amines) is 1. The summed E-state index contributed by atoms with van der Waals surface area (Å²) in [7, 11) is 0. The number of piperidine rings is 1. The van der Waals surface area contributed by atoms with Crippen LogP contribution < -0.4 is 5.32 Å². The van der Waals surface area contributed by atoms with Gasteiger partial charge in [-0.3, -0.25) is 19.3 Å². The predicted molar refractivity (Wildman–Crippen MR) is 108 cm³/mol. The van der Waals surface area contributed by atoms with Crippen LogP contribution in [0, 0.1) is 6.92 Å². The van der Waals surface area contributed by atoms with Gasteiger partial charge in [-0.05, 0) is 43.9 Å². The van der Waals surface area contributed by atoms with E-state index in [0.717, 1.165) is 31.5 Å². The normalized spacial score (nSPS) is 18.1. The van der Waals surface area contributed by atoms with Crippen molar-refractivity contribution >= 4 is 23.4 Å². The average molecular weight is 386 g/mol. The zero-order chi connectivity index (χ0) is 20.1. The number of nitrogens with zero attached hydrogens (tertiary/aromatic N) is 3. The van der Waals surface area contributed by atoms with Crippen LogP contribution in [0.25, 0.3) is 0 Å². The molecule has 28 heavy (non-hydrogen) atoms. The summed E-state index contributed by atoms with van der Waals surface area (Å²) in [5, 5.41) is 2.77. The number of anilines is 1. The van der Waals surface area contributed by atoms with Gasteiger partial charge in [0.2, 0.25) is 11.8 Å². The smallest absolute Gasteiger partial charge is 0.254 e. The summed E-state index contributed by atoms with van der Waals surface area (Å²) in [6, 6.07) is 5.40. The highest BCUT2D eigenvalue weighted by Crippen LogP contribution is 2.19. The number of piperazine rings is 1. The lowest BCUT2D eigenvalue weighted by Gasteiger charge is -2.36. The molecule has 2 aliphatic heterocycles. The number of amides is 3. The molecule has 0 radical (unpaired) electrons. The monoisotopic (exact) mass is 386 g/mol. The van der Waals surface area contributed by atoms with E-state index in [1.807, 2.05) is 22.8 Å². The summed E-state index contributed by atoms with van der Waals surface area (Å²) >= 11 is 0. The van der Waals surface area contributed by atoms with Crippen molar-refractivity contribution in [1.82, 2.24) is 14.7 Å². The van der Waals surface area contributed by atoms with Gasteiger partial charge in [0.25, 0.3) is 5.91 Å². The summed E-state index contributed by atoms with van der Waals surface area (Å²) < 4.78 is 0. The average Bonchev–Trinajstić information content (AvgIpc) is 2.70. The molecule has 0 saturated carbocycles. The lowest BCUT2D eigenvalue weighted by atomic mass is 10.1. The fraction of sp³-hybridized carbons (Fsp3) is 0.571. The summed E-state index contributed by atoms with van der Waals surface area (Å²) in [6.45, 7) is 8.17. The Bertz CT molecular complexity index is 735. The first-order valence-corrected chi connectivity index (χ1v) is 10.1. The molecule has 0 unspecified atom stereocenters. The fourth-order valence-electron chi connectivity index (χ4n) is 3.81. The molecule has 7 heteroatoms. The molecule has 0 atom stereocenters. The van der Waals surface area contributed by atoms with Crippen molar-refractivity contribution < 1.29 is 14.4 Å². The van der Waals surface area contributed by atoms with Gasteiger partial charge >= 0.3 is 0 Å². The molecule has 2 heterocycles. The third-order valence-electron chi connectivity index (χ3n) is 5.52. The van der Waals surface area contributed by atoms with Gasteiger partial charge in [-0.2, -0.15) is 0 Å². The van der Waals surface area contributed by atoms with Crippen LogP contribution in [-0.4, -0.2) is 78.2 Å². The number of rotatable bonds is 4. The van der Waals surface area contributed by atoms with Gasteiger partial charge in [0.15, 0.2) is 0 Å². The molecule has 2 fully saturated rings. The minimum atomic E-state index is -0.153. The van der Waals surface area contributed by atoms with Gasteiger partial charge in [-0.15, -0.1) is 0 Å². The second-order valence-electron chi connectivity index (χ2n) is 7.72. The Morgan fingerprint density at radius 2 is 1.61 bits per heavy atom. The third kappa shape index (κ3) is 5.10. The quantitative estimate of drug-likeness (QED) is 0.855. The minimum absolute atomic E-state index is 0.0337. The van der Waals surface area contributed by atoms with Gasteiger partial charge in [-0.1, -0.05) is 6.07 Å². The molecule has 7 nitrogen and oxygen atoms in total. The molecule has 1 aromatic carbocycles. The van der Waals surface area contributed by atoms with Crippen LogP contribution in [0.3, 0.4) is 0 Å². The molecular formula is C21H30N4O3. The van der Waals surface area contributed by atoms with Crippen molar-refractivity contribution in [3.63, 3.8) is 0 Å². The predicted octanol–water partition coefficient (Wildman–Crippen LogP) is 1.72. The van der Waals surface area contributed by atoms with Gasteiger partial charge in [0, 0.05) is 57.4 Å². The van der Waals surface area contributed by atoms with Crippen LogP contribution in [0.5, 0.6) is 0 Å². The second-order valence-corrected chi connectivity index (χ2v) is 7.72. The lowest BCUT2D eigenvalue weighted by Crippen LogP contribution is -2.52. The third-order valence-corrected chi connectivity index (χ3v) is 5.52. The number of aryl methyl sites for hydroxylation is 1. The molecule has 1 N–H and O–H groups in total. The van der Waals surface area contributed by atoms with Gasteiger partial charge in [0.05, 0.1) is 6.54 Å². The molecule has 3 amide bonds. The van der Waals surface area contributed by atoms with Crippen LogP contribution in [0.1, 0.15) is 42.1 Å². The Morgan fingerprint density at radius 1 is 0.929 bits per heavy atom. The molecule has 2 aliphatic rings. The topological polar surface area (TPSA) is 73.0 Å². The Morgan fingerprint density at radius 3 is 2.25 bits per heavy atom. The van der Waals surface area contributed by atoms with Crippen LogP contribution in [0.2, 0.25) is 0 Å². The van der Waals surface area contributed by atoms with E-state index in [0.29, 0.717) is 44.0 Å². The maximum absolute atomic E-state index is 12.8. The maximum Gasteiger partial charge on any atom is 0.254 e. The lowest BCUT2D eigenvalue weighted by molar-refractivity contribution is -0.133. The van der Waals surface area contributed by atoms with E-state index in [-0.39, 0.29) is 17.7 Å². The molecule has 2 saturated heterocycles. The first-order valence-electron chi connectivity index (χ1n) is 10.1. The highest BCUT2D eigenvalue weighted by atomic mass is 16.2. The Hall–Kier alpha value is -2.41. The van der Waals surface area contributed by atoms with E-state index in [2.05, 4.69) is 10.2 Å². The zero-order valence-corrected chi connectivity index (χ0v) is 16.9. The van der Waals surface area contributed by atoms with Crippen molar-refractivity contribution in [2.75, 3.05) is 51.1 Å². The first kappa shape index (κ1) is 20.3. The van der Waals surface area contributed by atoms with Crippen LogP contribution in [0.4, 0.5) is 5.69 Å². The molecule has 152 valence electrons. The number of carbonyl (C=O) groups excluding carboxylic acids is 3. The van der Waals surface area contributed by atoms with Crippen molar-refractivity contribution in [1.29, 1.82) is 0 Å². The number of hydrogen-bond acceptors (Lipinski definition) is 4. The minimum Gasteiger partial charge on any atom is -0.342 e. The number of hydrogen-bond donors (Lipinski definition) is 1. The van der Waals surface area contributed by atoms with Crippen molar-refractivity contribution in [3.8, 4) is 0 Å². The van der Waals surface area contributed by atoms with Gasteiger partial charge in [0.1, 0.15) is 0 Å². The van der Waals surface area contributed by atoms with Crippen LogP contribution in [0.15, 0.2) is 18.2 Å². The largest absolute Gasteiger partial charge is 0.342 e. The molecular weight excluding hydrogens is 356 g/mol. The van der Waals surface area contributed by atoms with Crippen molar-refractivity contribution in [3.05, 3.63) is 29.3 Å².